The summed E-state index contributed by atoms with van der Waals surface area (Å²) in [5.41, 5.74) is 5.09. The molecule has 1 amide bonds. The second-order valence-electron chi connectivity index (χ2n) is 7.88. The van der Waals surface area contributed by atoms with Crippen LogP contribution in [0.15, 0.2) is 54.2 Å². The lowest BCUT2D eigenvalue weighted by atomic mass is 10.1. The first kappa shape index (κ1) is 18.2. The molecule has 4 aromatic rings. The van der Waals surface area contributed by atoms with Crippen molar-refractivity contribution in [2.24, 2.45) is 0 Å². The van der Waals surface area contributed by atoms with Gasteiger partial charge in [-0.05, 0) is 42.8 Å². The number of fused-ring (bicyclic) bond motifs is 1. The molecule has 0 atom stereocenters. The van der Waals surface area contributed by atoms with Gasteiger partial charge in [-0.25, -0.2) is 0 Å². The molecule has 1 saturated carbocycles. The Hall–Kier alpha value is -2.86. The molecule has 0 radical (unpaired) electrons. The van der Waals surface area contributed by atoms with E-state index in [0.717, 1.165) is 24.2 Å². The third-order valence-corrected chi connectivity index (χ3v) is 6.55. The number of nitrogens with zero attached hydrogens (tertiary/aromatic N) is 3. The van der Waals surface area contributed by atoms with Crippen LogP contribution in [0, 0.1) is 6.92 Å². The van der Waals surface area contributed by atoms with Gasteiger partial charge in [0.15, 0.2) is 0 Å². The minimum absolute atomic E-state index is 0.0598. The Bertz CT molecular complexity index is 1160. The van der Waals surface area contributed by atoms with Gasteiger partial charge in [0, 0.05) is 12.2 Å². The number of benzene rings is 1. The average molecular weight is 405 g/mol. The lowest BCUT2D eigenvalue weighted by Gasteiger charge is -2.16. The van der Waals surface area contributed by atoms with Gasteiger partial charge in [-0.1, -0.05) is 42.7 Å². The van der Waals surface area contributed by atoms with Crippen LogP contribution in [0.3, 0.4) is 0 Å². The molecule has 1 fully saturated rings. The van der Waals surface area contributed by atoms with E-state index in [-0.39, 0.29) is 5.91 Å². The highest BCUT2D eigenvalue weighted by Crippen LogP contribution is 2.36. The number of thiophene rings is 1. The van der Waals surface area contributed by atoms with Crippen molar-refractivity contribution in [2.75, 3.05) is 5.32 Å². The van der Waals surface area contributed by atoms with Gasteiger partial charge in [-0.2, -0.15) is 5.10 Å². The topological polar surface area (TPSA) is 51.9 Å². The van der Waals surface area contributed by atoms with E-state index in [9.17, 15) is 4.79 Å². The Morgan fingerprint density at radius 1 is 1.24 bits per heavy atom. The molecule has 3 aromatic heterocycles. The van der Waals surface area contributed by atoms with Crippen molar-refractivity contribution in [3.8, 4) is 0 Å². The van der Waals surface area contributed by atoms with Gasteiger partial charge in [-0.3, -0.25) is 9.48 Å². The van der Waals surface area contributed by atoms with Crippen LogP contribution in [0.25, 0.3) is 10.2 Å². The molecule has 5 rings (SSSR count). The standard InChI is InChI=1S/C23H24N4OS/c1-16-5-4-6-17(11-16)14-26-15-18(13-24-26)25-23(28)21-12-22-20(9-10-29-22)27(21)19-7-2-3-8-19/h4-6,9-13,15,19H,2-3,7-8,14H2,1H3,(H,25,28). The van der Waals surface area contributed by atoms with Crippen molar-refractivity contribution in [2.45, 2.75) is 45.2 Å². The quantitative estimate of drug-likeness (QED) is 0.469. The predicted molar refractivity (Wildman–Crippen MR) is 118 cm³/mol. The first-order valence-electron chi connectivity index (χ1n) is 10.2. The highest BCUT2D eigenvalue weighted by molar-refractivity contribution is 7.17. The zero-order chi connectivity index (χ0) is 19.8. The molecule has 0 aliphatic heterocycles. The maximum Gasteiger partial charge on any atom is 0.272 e. The maximum atomic E-state index is 13.1. The molecule has 148 valence electrons. The molecule has 1 aliphatic carbocycles. The molecule has 3 heterocycles. The number of hydrogen-bond acceptors (Lipinski definition) is 3. The monoisotopic (exact) mass is 404 g/mol. The second-order valence-corrected chi connectivity index (χ2v) is 8.83. The smallest absolute Gasteiger partial charge is 0.272 e. The van der Waals surface area contributed by atoms with Crippen LogP contribution < -0.4 is 5.32 Å². The SMILES string of the molecule is Cc1cccc(Cn2cc(NC(=O)c3cc4sccc4n3C3CCCC3)cn2)c1. The molecule has 0 spiro atoms. The van der Waals surface area contributed by atoms with Crippen LogP contribution in [0.2, 0.25) is 0 Å². The lowest BCUT2D eigenvalue weighted by Crippen LogP contribution is -2.19. The van der Waals surface area contributed by atoms with Crippen molar-refractivity contribution in [1.82, 2.24) is 14.3 Å². The van der Waals surface area contributed by atoms with E-state index in [1.807, 2.05) is 16.9 Å². The molecule has 1 N–H and O–H groups in total. The van der Waals surface area contributed by atoms with Crippen LogP contribution >= 0.6 is 11.3 Å². The van der Waals surface area contributed by atoms with E-state index in [1.54, 1.807) is 17.5 Å². The van der Waals surface area contributed by atoms with E-state index < -0.39 is 0 Å². The minimum atomic E-state index is -0.0598. The number of rotatable bonds is 5. The third kappa shape index (κ3) is 3.60. The van der Waals surface area contributed by atoms with E-state index >= 15 is 0 Å². The largest absolute Gasteiger partial charge is 0.333 e. The molecule has 0 saturated heterocycles. The predicted octanol–water partition coefficient (Wildman–Crippen LogP) is 5.62. The first-order chi connectivity index (χ1) is 14.2. The zero-order valence-corrected chi connectivity index (χ0v) is 17.3. The van der Waals surface area contributed by atoms with E-state index in [2.05, 4.69) is 57.6 Å². The van der Waals surface area contributed by atoms with E-state index in [1.165, 1.54) is 34.2 Å². The molecular weight excluding hydrogens is 380 g/mol. The van der Waals surface area contributed by atoms with Crippen LogP contribution in [0.5, 0.6) is 0 Å². The van der Waals surface area contributed by atoms with Gasteiger partial charge in [0.1, 0.15) is 5.69 Å². The average Bonchev–Trinajstić information content (AvgIpc) is 3.46. The highest BCUT2D eigenvalue weighted by Gasteiger charge is 2.25. The van der Waals surface area contributed by atoms with Gasteiger partial charge in [0.05, 0.1) is 28.6 Å². The van der Waals surface area contributed by atoms with Gasteiger partial charge in [-0.15, -0.1) is 11.3 Å². The molecular formula is C23H24N4OS. The Balaban J connectivity index is 1.36. The van der Waals surface area contributed by atoms with Crippen molar-refractivity contribution in [3.63, 3.8) is 0 Å². The molecule has 0 bridgehead atoms. The second kappa shape index (κ2) is 7.52. The third-order valence-electron chi connectivity index (χ3n) is 5.70. The summed E-state index contributed by atoms with van der Waals surface area (Å²) >= 11 is 1.69. The number of anilines is 1. The summed E-state index contributed by atoms with van der Waals surface area (Å²) in [5.74, 6) is -0.0598. The summed E-state index contributed by atoms with van der Waals surface area (Å²) < 4.78 is 5.29. The Morgan fingerprint density at radius 2 is 2.10 bits per heavy atom. The maximum absolute atomic E-state index is 13.1. The molecule has 1 aromatic carbocycles. The summed E-state index contributed by atoms with van der Waals surface area (Å²) in [6.45, 7) is 2.77. The van der Waals surface area contributed by atoms with Crippen molar-refractivity contribution in [1.29, 1.82) is 0 Å². The van der Waals surface area contributed by atoms with Crippen LogP contribution in [0.4, 0.5) is 5.69 Å². The number of carbonyl (C=O) groups excluding carboxylic acids is 1. The lowest BCUT2D eigenvalue weighted by molar-refractivity contribution is 0.101. The molecule has 1 aliphatic rings. The van der Waals surface area contributed by atoms with Gasteiger partial charge in [0.2, 0.25) is 0 Å². The summed E-state index contributed by atoms with van der Waals surface area (Å²) in [4.78, 5) is 13.1. The molecule has 5 nitrogen and oxygen atoms in total. The van der Waals surface area contributed by atoms with Crippen molar-refractivity contribution < 1.29 is 4.79 Å². The fourth-order valence-corrected chi connectivity index (χ4v) is 5.19. The van der Waals surface area contributed by atoms with Gasteiger partial charge >= 0.3 is 0 Å². The number of aromatic nitrogens is 3. The van der Waals surface area contributed by atoms with Gasteiger partial charge in [0.25, 0.3) is 5.91 Å². The molecule has 0 unspecified atom stereocenters. The van der Waals surface area contributed by atoms with Crippen LogP contribution in [-0.4, -0.2) is 20.3 Å². The summed E-state index contributed by atoms with van der Waals surface area (Å²) in [6, 6.07) is 13.0. The van der Waals surface area contributed by atoms with Crippen LogP contribution in [-0.2, 0) is 6.54 Å². The van der Waals surface area contributed by atoms with Crippen molar-refractivity contribution >= 4 is 33.1 Å². The Morgan fingerprint density at radius 3 is 2.93 bits per heavy atom. The van der Waals surface area contributed by atoms with Crippen molar-refractivity contribution in [3.05, 3.63) is 71.0 Å². The van der Waals surface area contributed by atoms with Crippen LogP contribution in [0.1, 0.15) is 53.3 Å². The number of aryl methyl sites for hydroxylation is 1. The van der Waals surface area contributed by atoms with Gasteiger partial charge < -0.3 is 9.88 Å². The number of hydrogen-bond donors (Lipinski definition) is 1. The normalized spacial score (nSPS) is 14.7. The molecule has 29 heavy (non-hydrogen) atoms. The number of amides is 1. The summed E-state index contributed by atoms with van der Waals surface area (Å²) in [6.07, 6.45) is 8.38. The number of carbonyl (C=O) groups is 1. The molecule has 6 heteroatoms. The summed E-state index contributed by atoms with van der Waals surface area (Å²) in [7, 11) is 0. The van der Waals surface area contributed by atoms with E-state index in [0.29, 0.717) is 12.6 Å². The highest BCUT2D eigenvalue weighted by atomic mass is 32.1. The fraction of sp³-hybridized carbons (Fsp3) is 0.304. The summed E-state index contributed by atoms with van der Waals surface area (Å²) in [5, 5.41) is 9.57. The zero-order valence-electron chi connectivity index (χ0n) is 16.5. The Kier molecular flexibility index (Phi) is 4.72. The van der Waals surface area contributed by atoms with E-state index in [4.69, 9.17) is 0 Å². The first-order valence-corrected chi connectivity index (χ1v) is 11.0. The minimum Gasteiger partial charge on any atom is -0.333 e. The number of nitrogens with one attached hydrogen (secondary N) is 1. The Labute approximate surface area is 174 Å². The fourth-order valence-electron chi connectivity index (χ4n) is 4.38.